The number of rotatable bonds is 22. The molecule has 1 rings (SSSR count). The quantitative estimate of drug-likeness (QED) is 0.0863. The van der Waals surface area contributed by atoms with Crippen LogP contribution in [-0.2, 0) is 20.4 Å². The predicted octanol–water partition coefficient (Wildman–Crippen LogP) is 6.02. The van der Waals surface area contributed by atoms with Crippen LogP contribution < -0.4 is 10.6 Å². The van der Waals surface area contributed by atoms with E-state index in [9.17, 15) is 9.36 Å². The van der Waals surface area contributed by atoms with Crippen LogP contribution in [0.4, 0.5) is 0 Å². The van der Waals surface area contributed by atoms with Gasteiger partial charge in [0.15, 0.2) is 0 Å². The van der Waals surface area contributed by atoms with Crippen molar-refractivity contribution in [2.24, 2.45) is 0 Å². The number of carbonyl (C=O) groups excluding carboxylic acids is 1. The second kappa shape index (κ2) is 20.7. The van der Waals surface area contributed by atoms with Crippen molar-refractivity contribution >= 4 is 13.7 Å². The Kier molecular flexibility index (Phi) is 18.6. The Morgan fingerprint density at radius 1 is 0.943 bits per heavy atom. The number of hydrogen-bond donors (Lipinski definition) is 4. The summed E-state index contributed by atoms with van der Waals surface area (Å²) >= 11 is 0. The maximum atomic E-state index is 12.3. The maximum absolute atomic E-state index is 12.3. The van der Waals surface area contributed by atoms with Crippen LogP contribution in [0.3, 0.4) is 0 Å². The molecule has 0 unspecified atom stereocenters. The van der Waals surface area contributed by atoms with Gasteiger partial charge in [-0.05, 0) is 37.7 Å². The average Bonchev–Trinajstić information content (AvgIpc) is 2.83. The number of unbranched alkanes of at least 4 members (excludes halogenated alkanes) is 10. The molecule has 0 aliphatic rings. The SMILES string of the molecule is CCCCCCCC/C=C\CCCCCCC(=O)N[C@@H](CNCc1ccccc1)COP(=O)(O)O. The Morgan fingerprint density at radius 2 is 1.54 bits per heavy atom. The number of allylic oxidation sites excluding steroid dienone is 2. The minimum absolute atomic E-state index is 0.121. The molecule has 0 bridgehead atoms. The van der Waals surface area contributed by atoms with E-state index in [0.29, 0.717) is 19.5 Å². The molecule has 4 N–H and O–H groups in total. The lowest BCUT2D eigenvalue weighted by atomic mass is 10.1. The van der Waals surface area contributed by atoms with Crippen molar-refractivity contribution < 1.29 is 23.7 Å². The molecule has 1 atom stereocenters. The van der Waals surface area contributed by atoms with Crippen LogP contribution in [0.2, 0.25) is 0 Å². The molecule has 0 radical (unpaired) electrons. The van der Waals surface area contributed by atoms with E-state index in [1.165, 1.54) is 44.9 Å². The summed E-state index contributed by atoms with van der Waals surface area (Å²) in [6, 6.07) is 9.28. The zero-order valence-corrected chi connectivity index (χ0v) is 22.4. The molecule has 0 spiro atoms. The second-order valence-corrected chi connectivity index (χ2v) is 10.4. The maximum Gasteiger partial charge on any atom is 0.469 e. The fourth-order valence-corrected chi connectivity index (χ4v) is 4.18. The van der Waals surface area contributed by atoms with Gasteiger partial charge in [-0.3, -0.25) is 9.32 Å². The first-order valence-corrected chi connectivity index (χ1v) is 14.8. The van der Waals surface area contributed by atoms with E-state index in [2.05, 4.69) is 34.2 Å². The van der Waals surface area contributed by atoms with Crippen molar-refractivity contribution in [3.05, 3.63) is 48.0 Å². The topological polar surface area (TPSA) is 108 Å². The van der Waals surface area contributed by atoms with E-state index in [1.54, 1.807) is 0 Å². The lowest BCUT2D eigenvalue weighted by Crippen LogP contribution is -2.44. The Labute approximate surface area is 212 Å². The zero-order valence-electron chi connectivity index (χ0n) is 21.5. The lowest BCUT2D eigenvalue weighted by Gasteiger charge is -2.20. The summed E-state index contributed by atoms with van der Waals surface area (Å²) in [6.45, 7) is 2.94. The van der Waals surface area contributed by atoms with Gasteiger partial charge in [-0.15, -0.1) is 0 Å². The van der Waals surface area contributed by atoms with Crippen LogP contribution in [0.25, 0.3) is 0 Å². The van der Waals surface area contributed by atoms with Crippen LogP contribution in [0, 0.1) is 0 Å². The first kappa shape index (κ1) is 31.5. The zero-order chi connectivity index (χ0) is 25.6. The number of amides is 1. The molecule has 1 amide bonds. The summed E-state index contributed by atoms with van der Waals surface area (Å²) in [5.74, 6) is -0.121. The molecule has 7 nitrogen and oxygen atoms in total. The molecule has 8 heteroatoms. The predicted molar refractivity (Wildman–Crippen MR) is 143 cm³/mol. The van der Waals surface area contributed by atoms with Crippen molar-refractivity contribution in [2.75, 3.05) is 13.2 Å². The number of hydrogen-bond acceptors (Lipinski definition) is 4. The number of phosphoric acid groups is 1. The summed E-state index contributed by atoms with van der Waals surface area (Å²) in [5.41, 5.74) is 1.09. The minimum Gasteiger partial charge on any atom is -0.350 e. The molecular weight excluding hydrogens is 463 g/mol. The monoisotopic (exact) mass is 510 g/mol. The van der Waals surface area contributed by atoms with Crippen LogP contribution in [0.5, 0.6) is 0 Å². The van der Waals surface area contributed by atoms with Gasteiger partial charge in [0.2, 0.25) is 5.91 Å². The third-order valence-corrected chi connectivity index (χ3v) is 6.27. The van der Waals surface area contributed by atoms with Crippen molar-refractivity contribution in [1.29, 1.82) is 0 Å². The number of phosphoric ester groups is 1. The van der Waals surface area contributed by atoms with Crippen LogP contribution in [0.15, 0.2) is 42.5 Å². The molecule has 1 aromatic carbocycles. The number of nitrogens with one attached hydrogen (secondary N) is 2. The highest BCUT2D eigenvalue weighted by Gasteiger charge is 2.19. The molecule has 200 valence electrons. The van der Waals surface area contributed by atoms with Gasteiger partial charge in [-0.1, -0.05) is 94.4 Å². The van der Waals surface area contributed by atoms with Gasteiger partial charge in [-0.2, -0.15) is 0 Å². The van der Waals surface area contributed by atoms with Crippen LogP contribution in [0.1, 0.15) is 96.0 Å². The second-order valence-electron chi connectivity index (χ2n) is 9.15. The summed E-state index contributed by atoms with van der Waals surface area (Å²) in [5, 5.41) is 6.05. The Morgan fingerprint density at radius 3 is 2.17 bits per heavy atom. The van der Waals surface area contributed by atoms with Gasteiger partial charge >= 0.3 is 7.82 Å². The normalized spacial score (nSPS) is 12.8. The van der Waals surface area contributed by atoms with Crippen LogP contribution >= 0.6 is 7.82 Å². The molecule has 0 aliphatic heterocycles. The molecule has 0 aromatic heterocycles. The van der Waals surface area contributed by atoms with E-state index < -0.39 is 13.9 Å². The number of carbonyl (C=O) groups is 1. The molecule has 1 aromatic rings. The minimum atomic E-state index is -4.59. The van der Waals surface area contributed by atoms with E-state index >= 15 is 0 Å². The standard InChI is InChI=1S/C27H47N2O5P/c1-2-3-4-5-6-7-8-9-10-11-12-13-14-18-21-27(30)29-26(24-34-35(31,32)33)23-28-22-25-19-16-15-17-20-25/h9-10,15-17,19-20,26,28H,2-8,11-14,18,21-24H2,1H3,(H,29,30)(H2,31,32,33)/b10-9-/t26-/m0/s1. The lowest BCUT2D eigenvalue weighted by molar-refractivity contribution is -0.122. The molecule has 0 fully saturated rings. The van der Waals surface area contributed by atoms with E-state index in [-0.39, 0.29) is 12.5 Å². The molecule has 0 heterocycles. The Bertz CT molecular complexity index is 724. The summed E-state index contributed by atoms with van der Waals surface area (Å²) < 4.78 is 15.7. The van der Waals surface area contributed by atoms with Gasteiger partial charge in [0.25, 0.3) is 0 Å². The van der Waals surface area contributed by atoms with Gasteiger partial charge in [0, 0.05) is 19.5 Å². The molecular formula is C27H47N2O5P. The van der Waals surface area contributed by atoms with E-state index in [0.717, 1.165) is 37.7 Å². The highest BCUT2D eigenvalue weighted by atomic mass is 31.2. The molecule has 0 aliphatic carbocycles. The molecule has 0 saturated carbocycles. The first-order chi connectivity index (χ1) is 16.9. The van der Waals surface area contributed by atoms with E-state index in [1.807, 2.05) is 30.3 Å². The fraction of sp³-hybridized carbons (Fsp3) is 0.667. The average molecular weight is 511 g/mol. The van der Waals surface area contributed by atoms with Crippen molar-refractivity contribution in [2.45, 2.75) is 103 Å². The fourth-order valence-electron chi connectivity index (χ4n) is 3.80. The van der Waals surface area contributed by atoms with E-state index in [4.69, 9.17) is 9.79 Å². The summed E-state index contributed by atoms with van der Waals surface area (Å²) in [7, 11) is -4.59. The van der Waals surface area contributed by atoms with Crippen LogP contribution in [-0.4, -0.2) is 34.9 Å². The smallest absolute Gasteiger partial charge is 0.350 e. The largest absolute Gasteiger partial charge is 0.469 e. The summed E-state index contributed by atoms with van der Waals surface area (Å²) in [6.07, 6.45) is 19.3. The third kappa shape index (κ3) is 20.4. The molecule has 35 heavy (non-hydrogen) atoms. The Balaban J connectivity index is 2.14. The highest BCUT2D eigenvalue weighted by Crippen LogP contribution is 2.35. The van der Waals surface area contributed by atoms with Gasteiger partial charge in [0.1, 0.15) is 0 Å². The van der Waals surface area contributed by atoms with Gasteiger partial charge < -0.3 is 20.4 Å². The van der Waals surface area contributed by atoms with Crippen molar-refractivity contribution in [1.82, 2.24) is 10.6 Å². The molecule has 0 saturated heterocycles. The summed E-state index contributed by atoms with van der Waals surface area (Å²) in [4.78, 5) is 30.3. The Hall–Kier alpha value is -1.50. The van der Waals surface area contributed by atoms with Gasteiger partial charge in [-0.25, -0.2) is 4.57 Å². The first-order valence-electron chi connectivity index (χ1n) is 13.3. The number of benzene rings is 1. The van der Waals surface area contributed by atoms with Crippen molar-refractivity contribution in [3.63, 3.8) is 0 Å². The van der Waals surface area contributed by atoms with Crippen molar-refractivity contribution in [3.8, 4) is 0 Å². The highest BCUT2D eigenvalue weighted by molar-refractivity contribution is 7.46. The third-order valence-electron chi connectivity index (χ3n) is 5.79. The van der Waals surface area contributed by atoms with Gasteiger partial charge in [0.05, 0.1) is 12.6 Å².